The Hall–Kier alpha value is -1.02. The molecule has 1 unspecified atom stereocenters. The smallest absolute Gasteiger partial charge is 0.0624 e. The molecule has 0 bridgehead atoms. The highest BCUT2D eigenvalue weighted by molar-refractivity contribution is 6.42. The number of hydrogen-bond donors (Lipinski definition) is 1. The molecule has 0 aliphatic rings. The van der Waals surface area contributed by atoms with E-state index in [1.54, 1.807) is 6.07 Å². The summed E-state index contributed by atoms with van der Waals surface area (Å²) in [5, 5.41) is 11.1. The van der Waals surface area contributed by atoms with Gasteiger partial charge in [0.25, 0.3) is 0 Å². The fourth-order valence-corrected chi connectivity index (χ4v) is 2.92. The fraction of sp³-hybridized carbons (Fsp3) is 0.294. The van der Waals surface area contributed by atoms with Gasteiger partial charge in [0.05, 0.1) is 16.7 Å². The lowest BCUT2D eigenvalue weighted by atomic mass is 9.74. The van der Waals surface area contributed by atoms with Crippen molar-refractivity contribution in [2.75, 3.05) is 6.61 Å². The summed E-state index contributed by atoms with van der Waals surface area (Å²) in [4.78, 5) is 0. The van der Waals surface area contributed by atoms with Crippen LogP contribution in [-0.4, -0.2) is 11.7 Å². The molecule has 0 saturated heterocycles. The topological polar surface area (TPSA) is 20.2 Å². The van der Waals surface area contributed by atoms with E-state index in [-0.39, 0.29) is 12.0 Å². The highest BCUT2D eigenvalue weighted by atomic mass is 35.5. The van der Waals surface area contributed by atoms with Gasteiger partial charge in [-0.1, -0.05) is 72.6 Å². The number of rotatable bonds is 5. The third kappa shape index (κ3) is 3.01. The summed E-state index contributed by atoms with van der Waals surface area (Å²) in [5.41, 5.74) is 1.77. The molecule has 2 aromatic carbocycles. The summed E-state index contributed by atoms with van der Waals surface area (Å²) in [7, 11) is 0. The minimum Gasteiger partial charge on any atom is -0.395 e. The zero-order valence-electron chi connectivity index (χ0n) is 11.4. The van der Waals surface area contributed by atoms with Crippen molar-refractivity contribution in [1.29, 1.82) is 0 Å². The maximum Gasteiger partial charge on any atom is 0.0624 e. The predicted molar refractivity (Wildman–Crippen MR) is 85.7 cm³/mol. The Morgan fingerprint density at radius 2 is 1.70 bits per heavy atom. The van der Waals surface area contributed by atoms with Gasteiger partial charge in [-0.15, -0.1) is 0 Å². The van der Waals surface area contributed by atoms with Crippen molar-refractivity contribution in [2.45, 2.75) is 25.2 Å². The molecule has 0 aromatic heterocycles. The van der Waals surface area contributed by atoms with Gasteiger partial charge in [-0.05, 0) is 30.0 Å². The average molecular weight is 309 g/mol. The van der Waals surface area contributed by atoms with Gasteiger partial charge in [0.2, 0.25) is 0 Å². The van der Waals surface area contributed by atoms with Gasteiger partial charge in [0.15, 0.2) is 0 Å². The molecule has 1 atom stereocenters. The van der Waals surface area contributed by atoms with E-state index in [4.69, 9.17) is 23.2 Å². The first-order valence-corrected chi connectivity index (χ1v) is 7.48. The molecule has 3 heteroatoms. The van der Waals surface area contributed by atoms with E-state index in [0.29, 0.717) is 16.5 Å². The third-order valence-corrected chi connectivity index (χ3v) is 4.78. The summed E-state index contributed by atoms with van der Waals surface area (Å²) < 4.78 is 0. The Balaban J connectivity index is 2.42. The Morgan fingerprint density at radius 1 is 1.00 bits per heavy atom. The van der Waals surface area contributed by atoms with Crippen LogP contribution in [0.5, 0.6) is 0 Å². The van der Waals surface area contributed by atoms with Crippen molar-refractivity contribution >= 4 is 23.2 Å². The van der Waals surface area contributed by atoms with Gasteiger partial charge < -0.3 is 5.11 Å². The van der Waals surface area contributed by atoms with E-state index in [2.05, 4.69) is 19.1 Å². The van der Waals surface area contributed by atoms with Gasteiger partial charge >= 0.3 is 0 Å². The second-order valence-electron chi connectivity index (χ2n) is 5.05. The maximum absolute atomic E-state index is 9.98. The molecule has 1 nitrogen and oxygen atoms in total. The molecule has 0 aliphatic carbocycles. The van der Waals surface area contributed by atoms with Crippen molar-refractivity contribution in [3.05, 3.63) is 69.7 Å². The van der Waals surface area contributed by atoms with Gasteiger partial charge in [-0.2, -0.15) is 0 Å². The van der Waals surface area contributed by atoms with E-state index in [1.807, 2.05) is 30.3 Å². The zero-order valence-corrected chi connectivity index (χ0v) is 13.0. The molecular formula is C17H18Cl2O. The van der Waals surface area contributed by atoms with Crippen LogP contribution in [0.1, 0.15) is 24.5 Å². The zero-order chi connectivity index (χ0) is 14.6. The molecule has 1 N–H and O–H groups in total. The largest absolute Gasteiger partial charge is 0.395 e. The molecule has 0 fully saturated rings. The predicted octanol–water partition coefficient (Wildman–Crippen LogP) is 4.88. The van der Waals surface area contributed by atoms with Crippen molar-refractivity contribution in [3.8, 4) is 0 Å². The third-order valence-electron chi connectivity index (χ3n) is 3.93. The molecule has 2 aromatic rings. The second kappa shape index (κ2) is 6.62. The first-order valence-electron chi connectivity index (χ1n) is 6.72. The average Bonchev–Trinajstić information content (AvgIpc) is 2.50. The highest BCUT2D eigenvalue weighted by Gasteiger charge is 2.30. The van der Waals surface area contributed by atoms with E-state index in [0.717, 1.165) is 17.5 Å². The van der Waals surface area contributed by atoms with Crippen LogP contribution < -0.4 is 0 Å². The summed E-state index contributed by atoms with van der Waals surface area (Å²) in [5.74, 6) is 0. The van der Waals surface area contributed by atoms with Crippen LogP contribution in [0.2, 0.25) is 10.0 Å². The number of halogens is 2. The Bertz CT molecular complexity index is 562. The minimum absolute atomic E-state index is 0.0797. The quantitative estimate of drug-likeness (QED) is 0.835. The number of benzene rings is 2. The standard InChI is InChI=1S/C17H18Cl2O/c1-2-17(12-20,14-8-4-3-5-9-14)11-13-7-6-10-15(18)16(13)19/h3-10,20H,2,11-12H2,1H3. The van der Waals surface area contributed by atoms with Crippen molar-refractivity contribution in [3.63, 3.8) is 0 Å². The fourth-order valence-electron chi connectivity index (χ4n) is 2.53. The lowest BCUT2D eigenvalue weighted by molar-refractivity contribution is 0.186. The van der Waals surface area contributed by atoms with Crippen molar-refractivity contribution < 1.29 is 5.11 Å². The summed E-state index contributed by atoms with van der Waals surface area (Å²) in [6, 6.07) is 15.7. The van der Waals surface area contributed by atoms with Gasteiger partial charge in [-0.25, -0.2) is 0 Å². The number of hydrogen-bond acceptors (Lipinski definition) is 1. The van der Waals surface area contributed by atoms with Gasteiger partial charge in [0, 0.05) is 5.41 Å². The molecular weight excluding hydrogens is 291 g/mol. The molecule has 106 valence electrons. The monoisotopic (exact) mass is 308 g/mol. The molecule has 0 aliphatic heterocycles. The molecule has 0 heterocycles. The van der Waals surface area contributed by atoms with E-state index in [9.17, 15) is 5.11 Å². The van der Waals surface area contributed by atoms with Crippen LogP contribution in [0, 0.1) is 0 Å². The molecule has 0 saturated carbocycles. The molecule has 0 spiro atoms. The number of aliphatic hydroxyl groups is 1. The molecule has 2 rings (SSSR count). The lowest BCUT2D eigenvalue weighted by Crippen LogP contribution is -2.32. The minimum atomic E-state index is -0.324. The second-order valence-corrected chi connectivity index (χ2v) is 5.83. The van der Waals surface area contributed by atoms with Crippen LogP contribution >= 0.6 is 23.2 Å². The first-order chi connectivity index (χ1) is 9.63. The van der Waals surface area contributed by atoms with E-state index in [1.165, 1.54) is 0 Å². The summed E-state index contributed by atoms with van der Waals surface area (Å²) in [6.07, 6.45) is 1.50. The van der Waals surface area contributed by atoms with Gasteiger partial charge in [0.1, 0.15) is 0 Å². The van der Waals surface area contributed by atoms with Crippen LogP contribution in [-0.2, 0) is 11.8 Å². The first kappa shape index (κ1) is 15.4. The Labute approximate surface area is 130 Å². The highest BCUT2D eigenvalue weighted by Crippen LogP contribution is 2.35. The maximum atomic E-state index is 9.98. The normalized spacial score (nSPS) is 14.0. The number of aliphatic hydroxyl groups excluding tert-OH is 1. The van der Waals surface area contributed by atoms with Crippen LogP contribution in [0.4, 0.5) is 0 Å². The Kier molecular flexibility index (Phi) is 5.09. The van der Waals surface area contributed by atoms with Crippen molar-refractivity contribution in [1.82, 2.24) is 0 Å². The van der Waals surface area contributed by atoms with E-state index < -0.39 is 0 Å². The summed E-state index contributed by atoms with van der Waals surface area (Å²) in [6.45, 7) is 2.16. The SMILES string of the molecule is CCC(CO)(Cc1cccc(Cl)c1Cl)c1ccccc1. The van der Waals surface area contributed by atoms with Crippen LogP contribution in [0.15, 0.2) is 48.5 Å². The van der Waals surface area contributed by atoms with Crippen LogP contribution in [0.3, 0.4) is 0 Å². The molecule has 20 heavy (non-hydrogen) atoms. The van der Waals surface area contributed by atoms with E-state index >= 15 is 0 Å². The summed E-state index contributed by atoms with van der Waals surface area (Å²) >= 11 is 12.4. The van der Waals surface area contributed by atoms with Crippen LogP contribution in [0.25, 0.3) is 0 Å². The Morgan fingerprint density at radius 3 is 2.30 bits per heavy atom. The molecule has 0 amide bonds. The molecule has 0 radical (unpaired) electrons. The van der Waals surface area contributed by atoms with Gasteiger partial charge in [-0.3, -0.25) is 0 Å². The van der Waals surface area contributed by atoms with Crippen molar-refractivity contribution in [2.24, 2.45) is 0 Å². The lowest BCUT2D eigenvalue weighted by Gasteiger charge is -2.32.